The Morgan fingerprint density at radius 2 is 1.89 bits per heavy atom. The van der Waals surface area contributed by atoms with Crippen molar-refractivity contribution in [1.29, 1.82) is 0 Å². The molecule has 0 spiro atoms. The summed E-state index contributed by atoms with van der Waals surface area (Å²) in [4.78, 5) is 20.3. The molecule has 0 aromatic heterocycles. The summed E-state index contributed by atoms with van der Waals surface area (Å²) in [6.07, 6.45) is -1.52. The van der Waals surface area contributed by atoms with Crippen LogP contribution in [0.1, 0.15) is 5.56 Å². The summed E-state index contributed by atoms with van der Waals surface area (Å²) in [7, 11) is 0. The van der Waals surface area contributed by atoms with Crippen molar-refractivity contribution in [1.82, 2.24) is 0 Å². The van der Waals surface area contributed by atoms with Gasteiger partial charge in [0.2, 0.25) is 0 Å². The Kier molecular flexibility index (Phi) is 6.24. The van der Waals surface area contributed by atoms with Gasteiger partial charge >= 0.3 is 5.97 Å². The summed E-state index contributed by atoms with van der Waals surface area (Å²) in [5, 5.41) is 28.1. The summed E-state index contributed by atoms with van der Waals surface area (Å²) in [6.45, 7) is 0. The molecular weight excluding hydrogens is 264 g/mol. The maximum atomic E-state index is 10.5. The zero-order valence-corrected chi connectivity index (χ0v) is 10.0. The van der Waals surface area contributed by atoms with E-state index in [0.717, 1.165) is 0 Å². The third-order valence-corrected chi connectivity index (χ3v) is 2.28. The van der Waals surface area contributed by atoms with Gasteiger partial charge in [-0.1, -0.05) is 12.1 Å². The fourth-order valence-corrected chi connectivity index (χ4v) is 1.32. The van der Waals surface area contributed by atoms with Crippen LogP contribution in [0.5, 0.6) is 0 Å². The normalized spacial score (nSPS) is 13.2. The number of hydrogen-bond donors (Lipinski definition) is 3. The summed E-state index contributed by atoms with van der Waals surface area (Å²) >= 11 is 0. The molecule has 18 heavy (non-hydrogen) atoms. The lowest BCUT2D eigenvalue weighted by molar-refractivity contribution is -0.384. The Morgan fingerprint density at radius 3 is 2.28 bits per heavy atom. The zero-order valence-electron chi connectivity index (χ0n) is 9.22. The molecule has 0 bridgehead atoms. The minimum absolute atomic E-state index is 0. The largest absolute Gasteiger partial charge is 0.479 e. The second kappa shape index (κ2) is 6.90. The standard InChI is InChI=1S/C10H12N2O5.ClH/c11-8(9(13)10(14)15)5-6-1-3-7(4-2-6)12(16)17;/h1-4,8-9,13H,5,11H2,(H,14,15);1H/t8-,9+;/m1./s1. The van der Waals surface area contributed by atoms with Crippen LogP contribution in [0.2, 0.25) is 0 Å². The van der Waals surface area contributed by atoms with Gasteiger partial charge in [-0.05, 0) is 12.0 Å². The van der Waals surface area contributed by atoms with Crippen molar-refractivity contribution in [3.05, 3.63) is 39.9 Å². The molecule has 0 heterocycles. The molecule has 100 valence electrons. The highest BCUT2D eigenvalue weighted by atomic mass is 35.5. The van der Waals surface area contributed by atoms with E-state index in [9.17, 15) is 14.9 Å². The van der Waals surface area contributed by atoms with Gasteiger partial charge in [0, 0.05) is 18.2 Å². The SMILES string of the molecule is Cl.N[C@H](Cc1ccc([N+](=O)[O-])cc1)[C@H](O)C(=O)O. The molecule has 0 unspecified atom stereocenters. The van der Waals surface area contributed by atoms with E-state index in [1.807, 2.05) is 0 Å². The van der Waals surface area contributed by atoms with Crippen LogP contribution in [0.25, 0.3) is 0 Å². The molecule has 0 saturated heterocycles. The van der Waals surface area contributed by atoms with E-state index in [-0.39, 0.29) is 24.5 Å². The van der Waals surface area contributed by atoms with Crippen LogP contribution in [0, 0.1) is 10.1 Å². The first-order valence-electron chi connectivity index (χ1n) is 4.81. The van der Waals surface area contributed by atoms with Gasteiger partial charge in [-0.25, -0.2) is 4.79 Å². The molecule has 0 aliphatic rings. The zero-order chi connectivity index (χ0) is 13.0. The summed E-state index contributed by atoms with van der Waals surface area (Å²) < 4.78 is 0. The van der Waals surface area contributed by atoms with Crippen molar-refractivity contribution in [2.45, 2.75) is 18.6 Å². The van der Waals surface area contributed by atoms with Crippen molar-refractivity contribution in [3.63, 3.8) is 0 Å². The van der Waals surface area contributed by atoms with Crippen LogP contribution < -0.4 is 5.73 Å². The first-order valence-corrected chi connectivity index (χ1v) is 4.81. The third kappa shape index (κ3) is 4.28. The van der Waals surface area contributed by atoms with Crippen molar-refractivity contribution in [3.8, 4) is 0 Å². The number of nitrogens with zero attached hydrogens (tertiary/aromatic N) is 1. The number of aliphatic hydroxyl groups excluding tert-OH is 1. The number of carboxylic acids is 1. The lowest BCUT2D eigenvalue weighted by atomic mass is 10.0. The van der Waals surface area contributed by atoms with Crippen LogP contribution in [0.4, 0.5) is 5.69 Å². The molecule has 1 aromatic rings. The van der Waals surface area contributed by atoms with Crippen molar-refractivity contribution < 1.29 is 19.9 Å². The van der Waals surface area contributed by atoms with Gasteiger partial charge in [0.15, 0.2) is 6.10 Å². The predicted molar refractivity (Wildman–Crippen MR) is 65.7 cm³/mol. The molecule has 0 saturated carbocycles. The van der Waals surface area contributed by atoms with Gasteiger partial charge in [0.25, 0.3) is 5.69 Å². The minimum atomic E-state index is -1.65. The number of halogens is 1. The number of carboxylic acid groups (broad SMARTS) is 1. The number of benzene rings is 1. The maximum Gasteiger partial charge on any atom is 0.334 e. The molecule has 0 aliphatic carbocycles. The van der Waals surface area contributed by atoms with E-state index in [1.165, 1.54) is 24.3 Å². The van der Waals surface area contributed by atoms with Gasteiger partial charge in [-0.3, -0.25) is 10.1 Å². The molecule has 7 nitrogen and oxygen atoms in total. The number of nitro groups is 1. The fraction of sp³-hybridized carbons (Fsp3) is 0.300. The van der Waals surface area contributed by atoms with E-state index >= 15 is 0 Å². The van der Waals surface area contributed by atoms with E-state index in [2.05, 4.69) is 0 Å². The number of nitro benzene ring substituents is 1. The lowest BCUT2D eigenvalue weighted by Gasteiger charge is -2.14. The third-order valence-electron chi connectivity index (χ3n) is 2.28. The van der Waals surface area contributed by atoms with Gasteiger partial charge in [0.1, 0.15) is 0 Å². The van der Waals surface area contributed by atoms with E-state index in [4.69, 9.17) is 15.9 Å². The Bertz CT molecular complexity index is 423. The molecule has 4 N–H and O–H groups in total. The van der Waals surface area contributed by atoms with E-state index in [0.29, 0.717) is 5.56 Å². The Balaban J connectivity index is 0.00000289. The average molecular weight is 277 g/mol. The summed E-state index contributed by atoms with van der Waals surface area (Å²) in [5.41, 5.74) is 6.06. The summed E-state index contributed by atoms with van der Waals surface area (Å²) in [5.74, 6) is -1.39. The summed E-state index contributed by atoms with van der Waals surface area (Å²) in [6, 6.07) is 4.61. The lowest BCUT2D eigenvalue weighted by Crippen LogP contribution is -2.41. The smallest absolute Gasteiger partial charge is 0.334 e. The molecule has 1 aromatic carbocycles. The van der Waals surface area contributed by atoms with Crippen LogP contribution >= 0.6 is 12.4 Å². The van der Waals surface area contributed by atoms with Gasteiger partial charge in [-0.2, -0.15) is 0 Å². The second-order valence-electron chi connectivity index (χ2n) is 3.57. The molecule has 8 heteroatoms. The molecule has 2 atom stereocenters. The van der Waals surface area contributed by atoms with Gasteiger partial charge in [0.05, 0.1) is 4.92 Å². The quantitative estimate of drug-likeness (QED) is 0.525. The molecule has 0 radical (unpaired) electrons. The first-order chi connectivity index (χ1) is 7.91. The predicted octanol–water partition coefficient (Wildman–Crippen LogP) is 0.332. The van der Waals surface area contributed by atoms with Crippen LogP contribution in [0.3, 0.4) is 0 Å². The van der Waals surface area contributed by atoms with Gasteiger partial charge < -0.3 is 15.9 Å². The molecule has 0 amide bonds. The number of aliphatic carboxylic acids is 1. The first kappa shape index (κ1) is 16.3. The molecule has 1 rings (SSSR count). The van der Waals surface area contributed by atoms with Crippen molar-refractivity contribution >= 4 is 24.1 Å². The van der Waals surface area contributed by atoms with Crippen molar-refractivity contribution in [2.24, 2.45) is 5.73 Å². The van der Waals surface area contributed by atoms with Crippen LogP contribution in [-0.4, -0.2) is 33.3 Å². The topological polar surface area (TPSA) is 127 Å². The van der Waals surface area contributed by atoms with E-state index in [1.54, 1.807) is 0 Å². The molecule has 0 aliphatic heterocycles. The Morgan fingerprint density at radius 1 is 1.39 bits per heavy atom. The monoisotopic (exact) mass is 276 g/mol. The number of rotatable bonds is 5. The van der Waals surface area contributed by atoms with Crippen LogP contribution in [-0.2, 0) is 11.2 Å². The number of aliphatic hydroxyl groups is 1. The highest BCUT2D eigenvalue weighted by Crippen LogP contribution is 2.13. The van der Waals surface area contributed by atoms with Crippen LogP contribution in [0.15, 0.2) is 24.3 Å². The Labute approximate surface area is 109 Å². The van der Waals surface area contributed by atoms with Gasteiger partial charge in [-0.15, -0.1) is 12.4 Å². The second-order valence-corrected chi connectivity index (χ2v) is 3.57. The maximum absolute atomic E-state index is 10.5. The van der Waals surface area contributed by atoms with E-state index < -0.39 is 23.0 Å². The highest BCUT2D eigenvalue weighted by molar-refractivity contribution is 5.85. The minimum Gasteiger partial charge on any atom is -0.479 e. The number of nitrogens with two attached hydrogens (primary N) is 1. The fourth-order valence-electron chi connectivity index (χ4n) is 1.32. The molecule has 0 fully saturated rings. The average Bonchev–Trinajstić information content (AvgIpc) is 2.28. The highest BCUT2D eigenvalue weighted by Gasteiger charge is 2.22. The number of non-ortho nitro benzene ring substituents is 1. The Hall–Kier alpha value is -1.70. The number of carbonyl (C=O) groups is 1. The molecular formula is C10H13ClN2O5. The number of hydrogen-bond acceptors (Lipinski definition) is 5. The van der Waals surface area contributed by atoms with Crippen molar-refractivity contribution in [2.75, 3.05) is 0 Å².